The van der Waals surface area contributed by atoms with Crippen LogP contribution in [0.2, 0.25) is 0 Å². The second-order valence-corrected chi connectivity index (χ2v) is 3.11. The molecule has 0 aliphatic rings. The average molecular weight is 153 g/mol. The van der Waals surface area contributed by atoms with Gasteiger partial charge < -0.3 is 0 Å². The van der Waals surface area contributed by atoms with Crippen LogP contribution in [0.15, 0.2) is 0 Å². The van der Waals surface area contributed by atoms with Gasteiger partial charge in [0.2, 0.25) is 0 Å². The molecule has 0 aliphatic heterocycles. The fourth-order valence-corrected chi connectivity index (χ4v) is 1.40. The van der Waals surface area contributed by atoms with Crippen LogP contribution in [0, 0.1) is 11.8 Å². The van der Waals surface area contributed by atoms with Gasteiger partial charge in [-0.05, 0) is 33.9 Å². The van der Waals surface area contributed by atoms with Crippen molar-refractivity contribution in [1.29, 1.82) is 0 Å². The predicted octanol–water partition coefficient (Wildman–Crippen LogP) is 2.13. The van der Waals surface area contributed by atoms with Gasteiger partial charge in [-0.3, -0.25) is 4.90 Å². The molecule has 0 bridgehead atoms. The van der Waals surface area contributed by atoms with Crippen LogP contribution in [0.1, 0.15) is 34.6 Å². The smallest absolute Gasteiger partial charge is 0.0768 e. The van der Waals surface area contributed by atoms with Gasteiger partial charge in [0.15, 0.2) is 0 Å². The van der Waals surface area contributed by atoms with Crippen molar-refractivity contribution in [3.05, 3.63) is 0 Å². The first-order valence-corrected chi connectivity index (χ1v) is 4.27. The second-order valence-electron chi connectivity index (χ2n) is 3.11. The summed E-state index contributed by atoms with van der Waals surface area (Å²) in [5.41, 5.74) is 0.0399. The SMILES string of the molecule is CC#CC(C)(C)N(CC)CC. The van der Waals surface area contributed by atoms with E-state index in [0.717, 1.165) is 13.1 Å². The van der Waals surface area contributed by atoms with Crippen LogP contribution in [0.25, 0.3) is 0 Å². The monoisotopic (exact) mass is 153 g/mol. The summed E-state index contributed by atoms with van der Waals surface area (Å²) in [5.74, 6) is 6.17. The van der Waals surface area contributed by atoms with Crippen LogP contribution < -0.4 is 0 Å². The van der Waals surface area contributed by atoms with Crippen LogP contribution in [-0.4, -0.2) is 23.5 Å². The lowest BCUT2D eigenvalue weighted by Gasteiger charge is -2.32. The minimum absolute atomic E-state index is 0.0399. The fraction of sp³-hybridized carbons (Fsp3) is 0.800. The van der Waals surface area contributed by atoms with Crippen molar-refractivity contribution < 1.29 is 0 Å². The Hall–Kier alpha value is -0.480. The Kier molecular flexibility index (Phi) is 4.22. The van der Waals surface area contributed by atoms with E-state index in [1.807, 2.05) is 6.92 Å². The minimum Gasteiger partial charge on any atom is -0.288 e. The molecule has 0 radical (unpaired) electrons. The second kappa shape index (κ2) is 4.41. The van der Waals surface area contributed by atoms with E-state index in [0.29, 0.717) is 0 Å². The summed E-state index contributed by atoms with van der Waals surface area (Å²) in [6.45, 7) is 12.7. The highest BCUT2D eigenvalue weighted by Gasteiger charge is 2.20. The molecule has 0 amide bonds. The van der Waals surface area contributed by atoms with E-state index in [2.05, 4.69) is 44.4 Å². The van der Waals surface area contributed by atoms with E-state index in [-0.39, 0.29) is 5.54 Å². The van der Waals surface area contributed by atoms with Gasteiger partial charge in [-0.15, -0.1) is 5.92 Å². The summed E-state index contributed by atoms with van der Waals surface area (Å²) in [5, 5.41) is 0. The van der Waals surface area contributed by atoms with E-state index < -0.39 is 0 Å². The van der Waals surface area contributed by atoms with Gasteiger partial charge in [-0.1, -0.05) is 19.8 Å². The molecule has 0 aromatic carbocycles. The van der Waals surface area contributed by atoms with E-state index in [9.17, 15) is 0 Å². The molecule has 0 aliphatic carbocycles. The van der Waals surface area contributed by atoms with E-state index in [1.54, 1.807) is 0 Å². The number of hydrogen-bond acceptors (Lipinski definition) is 1. The fourth-order valence-electron chi connectivity index (χ4n) is 1.40. The molecule has 0 fully saturated rings. The Morgan fingerprint density at radius 3 is 1.91 bits per heavy atom. The highest BCUT2D eigenvalue weighted by Crippen LogP contribution is 2.11. The van der Waals surface area contributed by atoms with Gasteiger partial charge >= 0.3 is 0 Å². The molecule has 0 N–H and O–H groups in total. The van der Waals surface area contributed by atoms with Crippen LogP contribution in [0.4, 0.5) is 0 Å². The van der Waals surface area contributed by atoms with Crippen molar-refractivity contribution in [2.24, 2.45) is 0 Å². The first-order valence-electron chi connectivity index (χ1n) is 4.27. The number of rotatable bonds is 3. The molecule has 0 atom stereocenters. The van der Waals surface area contributed by atoms with Gasteiger partial charge in [0, 0.05) is 0 Å². The predicted molar refractivity (Wildman–Crippen MR) is 50.5 cm³/mol. The Morgan fingerprint density at radius 2 is 1.64 bits per heavy atom. The molecule has 11 heavy (non-hydrogen) atoms. The molecule has 0 unspecified atom stereocenters. The molecular weight excluding hydrogens is 134 g/mol. The average Bonchev–Trinajstić information content (AvgIpc) is 1.89. The number of nitrogens with zero attached hydrogens (tertiary/aromatic N) is 1. The third kappa shape index (κ3) is 2.95. The molecule has 0 heterocycles. The molecule has 0 saturated carbocycles. The molecule has 64 valence electrons. The van der Waals surface area contributed by atoms with Crippen molar-refractivity contribution in [1.82, 2.24) is 4.90 Å². The quantitative estimate of drug-likeness (QED) is 0.561. The molecule has 0 aromatic heterocycles. The Bertz CT molecular complexity index is 155. The molecular formula is C10H19N. The first-order chi connectivity index (χ1) is 5.08. The van der Waals surface area contributed by atoms with Gasteiger partial charge in [0.05, 0.1) is 5.54 Å². The maximum Gasteiger partial charge on any atom is 0.0768 e. The van der Waals surface area contributed by atoms with Crippen LogP contribution in [0.5, 0.6) is 0 Å². The van der Waals surface area contributed by atoms with Crippen molar-refractivity contribution in [3.63, 3.8) is 0 Å². The van der Waals surface area contributed by atoms with Gasteiger partial charge in [-0.25, -0.2) is 0 Å². The minimum atomic E-state index is 0.0399. The normalized spacial score (nSPS) is 11.1. The van der Waals surface area contributed by atoms with Crippen molar-refractivity contribution in [2.75, 3.05) is 13.1 Å². The van der Waals surface area contributed by atoms with Crippen LogP contribution in [-0.2, 0) is 0 Å². The summed E-state index contributed by atoms with van der Waals surface area (Å²) in [4.78, 5) is 2.35. The molecule has 1 nitrogen and oxygen atoms in total. The lowest BCUT2D eigenvalue weighted by molar-refractivity contribution is 0.189. The van der Waals surface area contributed by atoms with Crippen molar-refractivity contribution >= 4 is 0 Å². The highest BCUT2D eigenvalue weighted by atomic mass is 15.2. The van der Waals surface area contributed by atoms with E-state index in [1.165, 1.54) is 0 Å². The maximum atomic E-state index is 3.20. The van der Waals surface area contributed by atoms with Crippen molar-refractivity contribution in [2.45, 2.75) is 40.2 Å². The Labute approximate surface area is 70.8 Å². The molecule has 1 heteroatoms. The van der Waals surface area contributed by atoms with Crippen molar-refractivity contribution in [3.8, 4) is 11.8 Å². The standard InChI is InChI=1S/C10H19N/c1-6-9-10(4,5)11(7-2)8-3/h7-8H2,1-5H3. The molecule has 0 saturated heterocycles. The van der Waals surface area contributed by atoms with Gasteiger partial charge in [0.1, 0.15) is 0 Å². The number of hydrogen-bond donors (Lipinski definition) is 0. The zero-order valence-electron chi connectivity index (χ0n) is 8.36. The van der Waals surface area contributed by atoms with Gasteiger partial charge in [-0.2, -0.15) is 0 Å². The Morgan fingerprint density at radius 1 is 1.18 bits per heavy atom. The molecule has 0 aromatic rings. The summed E-state index contributed by atoms with van der Waals surface area (Å²) < 4.78 is 0. The summed E-state index contributed by atoms with van der Waals surface area (Å²) in [6.07, 6.45) is 0. The molecule has 0 spiro atoms. The third-order valence-electron chi connectivity index (χ3n) is 1.98. The van der Waals surface area contributed by atoms with E-state index >= 15 is 0 Å². The zero-order valence-corrected chi connectivity index (χ0v) is 8.36. The largest absolute Gasteiger partial charge is 0.288 e. The molecule has 0 rings (SSSR count). The first kappa shape index (κ1) is 10.5. The van der Waals surface area contributed by atoms with Crippen LogP contribution in [0.3, 0.4) is 0 Å². The third-order valence-corrected chi connectivity index (χ3v) is 1.98. The maximum absolute atomic E-state index is 3.20. The van der Waals surface area contributed by atoms with E-state index in [4.69, 9.17) is 0 Å². The lowest BCUT2D eigenvalue weighted by Crippen LogP contribution is -2.42. The summed E-state index contributed by atoms with van der Waals surface area (Å²) in [6, 6.07) is 0. The lowest BCUT2D eigenvalue weighted by atomic mass is 10.0. The summed E-state index contributed by atoms with van der Waals surface area (Å²) >= 11 is 0. The summed E-state index contributed by atoms with van der Waals surface area (Å²) in [7, 11) is 0. The Balaban J connectivity index is 4.32. The van der Waals surface area contributed by atoms with Crippen LogP contribution >= 0.6 is 0 Å². The zero-order chi connectivity index (χ0) is 8.91. The van der Waals surface area contributed by atoms with Gasteiger partial charge in [0.25, 0.3) is 0 Å². The topological polar surface area (TPSA) is 3.24 Å². The highest BCUT2D eigenvalue weighted by molar-refractivity contribution is 5.13.